The van der Waals surface area contributed by atoms with Gasteiger partial charge in [-0.1, -0.05) is 0 Å². The zero-order valence-corrected chi connectivity index (χ0v) is 10.0. The van der Waals surface area contributed by atoms with Gasteiger partial charge in [-0.15, -0.1) is 22.7 Å². The van der Waals surface area contributed by atoms with Crippen molar-refractivity contribution in [1.82, 2.24) is 4.57 Å². The Balaban J connectivity index is 2.89. The molecule has 0 saturated carbocycles. The minimum absolute atomic E-state index is 0.218. The van der Waals surface area contributed by atoms with E-state index in [2.05, 4.69) is 0 Å². The third-order valence-corrected chi connectivity index (χ3v) is 4.60. The number of aromatic nitrogens is 1. The Bertz CT molecular complexity index is 743. The number of hydrogen-bond donors (Lipinski definition) is 0. The minimum atomic E-state index is -0.218. The lowest BCUT2D eigenvalue weighted by Crippen LogP contribution is -2.26. The van der Waals surface area contributed by atoms with Crippen LogP contribution in [-0.4, -0.2) is 4.57 Å². The van der Waals surface area contributed by atoms with Crippen LogP contribution in [0.15, 0.2) is 32.5 Å². The summed E-state index contributed by atoms with van der Waals surface area (Å²) in [5.41, 5.74) is -0.436. The predicted octanol–water partition coefficient (Wildman–Crippen LogP) is 2.17. The SMILES string of the molecule is Cn1c(=O)c2ccsc2c2sccc2c1=O. The highest BCUT2D eigenvalue weighted by atomic mass is 32.1. The van der Waals surface area contributed by atoms with Gasteiger partial charge in [-0.3, -0.25) is 14.2 Å². The maximum absolute atomic E-state index is 12.0. The van der Waals surface area contributed by atoms with Crippen molar-refractivity contribution in [3.8, 4) is 0 Å². The summed E-state index contributed by atoms with van der Waals surface area (Å²) in [6, 6.07) is 3.56. The van der Waals surface area contributed by atoms with Gasteiger partial charge in [-0.25, -0.2) is 0 Å². The zero-order chi connectivity index (χ0) is 11.3. The van der Waals surface area contributed by atoms with Crippen LogP contribution in [0.3, 0.4) is 0 Å². The van der Waals surface area contributed by atoms with Gasteiger partial charge in [0.25, 0.3) is 11.1 Å². The second-order valence-corrected chi connectivity index (χ2v) is 5.33. The molecule has 0 atom stereocenters. The van der Waals surface area contributed by atoms with E-state index in [1.54, 1.807) is 12.1 Å². The number of rotatable bonds is 0. The van der Waals surface area contributed by atoms with Crippen LogP contribution in [0.4, 0.5) is 0 Å². The summed E-state index contributed by atoms with van der Waals surface area (Å²) in [6.45, 7) is 0. The molecule has 5 heteroatoms. The van der Waals surface area contributed by atoms with Gasteiger partial charge in [0.2, 0.25) is 0 Å². The number of fused-ring (bicyclic) bond motifs is 3. The number of nitrogens with zero attached hydrogens (tertiary/aromatic N) is 1. The van der Waals surface area contributed by atoms with Crippen molar-refractivity contribution in [3.63, 3.8) is 0 Å². The summed E-state index contributed by atoms with van der Waals surface area (Å²) >= 11 is 3.01. The van der Waals surface area contributed by atoms with Gasteiger partial charge in [0.1, 0.15) is 0 Å². The molecule has 80 valence electrons. The van der Waals surface area contributed by atoms with Gasteiger partial charge in [-0.2, -0.15) is 0 Å². The van der Waals surface area contributed by atoms with Crippen LogP contribution in [0.25, 0.3) is 20.2 Å². The molecule has 0 N–H and O–H groups in total. The fourth-order valence-electron chi connectivity index (χ4n) is 1.76. The molecule has 0 fully saturated rings. The lowest BCUT2D eigenvalue weighted by Gasteiger charge is -1.86. The molecular formula is C11H7NO2S2. The van der Waals surface area contributed by atoms with Crippen molar-refractivity contribution in [3.05, 3.63) is 43.6 Å². The normalized spacial score (nSPS) is 11.3. The van der Waals surface area contributed by atoms with Crippen LogP contribution < -0.4 is 11.1 Å². The van der Waals surface area contributed by atoms with Crippen LogP contribution in [-0.2, 0) is 7.05 Å². The Hall–Kier alpha value is -1.46. The Kier molecular flexibility index (Phi) is 1.99. The third-order valence-electron chi connectivity index (χ3n) is 2.61. The van der Waals surface area contributed by atoms with Gasteiger partial charge in [0.15, 0.2) is 0 Å². The lowest BCUT2D eigenvalue weighted by molar-refractivity contribution is 0.845. The van der Waals surface area contributed by atoms with Crippen molar-refractivity contribution < 1.29 is 0 Å². The van der Waals surface area contributed by atoms with Gasteiger partial charge >= 0.3 is 0 Å². The Morgan fingerprint density at radius 1 is 0.938 bits per heavy atom. The summed E-state index contributed by atoms with van der Waals surface area (Å²) < 4.78 is 3.00. The van der Waals surface area contributed by atoms with Crippen molar-refractivity contribution in [2.45, 2.75) is 0 Å². The summed E-state index contributed by atoms with van der Waals surface area (Å²) in [7, 11) is 1.53. The Morgan fingerprint density at radius 3 is 1.81 bits per heavy atom. The van der Waals surface area contributed by atoms with E-state index in [0.717, 1.165) is 9.40 Å². The first-order valence-electron chi connectivity index (χ1n) is 4.68. The molecule has 0 aliphatic rings. The zero-order valence-electron chi connectivity index (χ0n) is 8.39. The second-order valence-electron chi connectivity index (χ2n) is 3.50. The first-order chi connectivity index (χ1) is 7.70. The Labute approximate surface area is 98.2 Å². The molecular weight excluding hydrogens is 242 g/mol. The fourth-order valence-corrected chi connectivity index (χ4v) is 3.73. The highest BCUT2D eigenvalue weighted by Crippen LogP contribution is 2.28. The van der Waals surface area contributed by atoms with E-state index in [0.29, 0.717) is 10.8 Å². The highest BCUT2D eigenvalue weighted by Gasteiger charge is 2.10. The minimum Gasteiger partial charge on any atom is -0.277 e. The molecule has 3 aromatic rings. The van der Waals surface area contributed by atoms with Crippen molar-refractivity contribution in [1.29, 1.82) is 0 Å². The third kappa shape index (κ3) is 1.12. The van der Waals surface area contributed by atoms with Crippen LogP contribution in [0.5, 0.6) is 0 Å². The van der Waals surface area contributed by atoms with Crippen molar-refractivity contribution in [2.75, 3.05) is 0 Å². The largest absolute Gasteiger partial charge is 0.277 e. The van der Waals surface area contributed by atoms with E-state index in [4.69, 9.17) is 0 Å². The molecule has 0 bridgehead atoms. The summed E-state index contributed by atoms with van der Waals surface area (Å²) in [4.78, 5) is 24.0. The monoisotopic (exact) mass is 249 g/mol. The summed E-state index contributed by atoms with van der Waals surface area (Å²) in [5.74, 6) is 0. The van der Waals surface area contributed by atoms with Crippen LogP contribution in [0.2, 0.25) is 0 Å². The number of hydrogen-bond acceptors (Lipinski definition) is 4. The first-order valence-corrected chi connectivity index (χ1v) is 6.44. The van der Waals surface area contributed by atoms with E-state index >= 15 is 0 Å². The average molecular weight is 249 g/mol. The molecule has 0 unspecified atom stereocenters. The maximum atomic E-state index is 12.0. The molecule has 0 saturated heterocycles. The molecule has 0 spiro atoms. The second kappa shape index (κ2) is 3.26. The van der Waals surface area contributed by atoms with Crippen LogP contribution in [0.1, 0.15) is 0 Å². The van der Waals surface area contributed by atoms with Crippen LogP contribution >= 0.6 is 22.7 Å². The van der Waals surface area contributed by atoms with E-state index in [-0.39, 0.29) is 11.1 Å². The molecule has 0 radical (unpaired) electrons. The molecule has 3 heterocycles. The quantitative estimate of drug-likeness (QED) is 0.612. The van der Waals surface area contributed by atoms with Crippen molar-refractivity contribution in [2.24, 2.45) is 7.05 Å². The molecule has 3 nitrogen and oxygen atoms in total. The van der Waals surface area contributed by atoms with E-state index in [9.17, 15) is 9.59 Å². The lowest BCUT2D eigenvalue weighted by atomic mass is 10.3. The molecule has 0 aromatic carbocycles. The fraction of sp³-hybridized carbons (Fsp3) is 0.0909. The standard InChI is InChI=1S/C11H7NO2S2/c1-12-10(13)6-2-4-15-8(6)9-7(11(12)14)3-5-16-9/h2-5H,1H3. The topological polar surface area (TPSA) is 39.1 Å². The maximum Gasteiger partial charge on any atom is 0.261 e. The molecule has 16 heavy (non-hydrogen) atoms. The molecule has 0 aliphatic heterocycles. The summed E-state index contributed by atoms with van der Waals surface area (Å²) in [5, 5.41) is 5.02. The molecule has 3 aromatic heterocycles. The summed E-state index contributed by atoms with van der Waals surface area (Å²) in [6.07, 6.45) is 0. The van der Waals surface area contributed by atoms with Crippen LogP contribution in [0, 0.1) is 0 Å². The van der Waals surface area contributed by atoms with Gasteiger partial charge in [-0.05, 0) is 22.9 Å². The van der Waals surface area contributed by atoms with Crippen molar-refractivity contribution >= 4 is 42.8 Å². The van der Waals surface area contributed by atoms with E-state index < -0.39 is 0 Å². The Morgan fingerprint density at radius 2 is 1.38 bits per heavy atom. The van der Waals surface area contributed by atoms with Gasteiger partial charge < -0.3 is 0 Å². The highest BCUT2D eigenvalue weighted by molar-refractivity contribution is 7.25. The van der Waals surface area contributed by atoms with Gasteiger partial charge in [0.05, 0.1) is 20.2 Å². The number of thiophene rings is 2. The molecule has 0 amide bonds. The van der Waals surface area contributed by atoms with E-state index in [1.165, 1.54) is 34.3 Å². The first kappa shape index (κ1) is 9.74. The predicted molar refractivity (Wildman–Crippen MR) is 68.7 cm³/mol. The molecule has 0 aliphatic carbocycles. The van der Waals surface area contributed by atoms with E-state index in [1.807, 2.05) is 10.8 Å². The van der Waals surface area contributed by atoms with Gasteiger partial charge in [0, 0.05) is 7.05 Å². The molecule has 3 rings (SSSR count). The average Bonchev–Trinajstić information content (AvgIpc) is 2.91. The smallest absolute Gasteiger partial charge is 0.261 e.